The Balaban J connectivity index is 2.50. The van der Waals surface area contributed by atoms with Gasteiger partial charge < -0.3 is 24.6 Å². The molecular formula is C16H21NO6. The van der Waals surface area contributed by atoms with Gasteiger partial charge in [-0.05, 0) is 31.2 Å². The number of benzene rings is 1. The molecule has 0 radical (unpaired) electrons. The molecule has 0 aromatic heterocycles. The van der Waals surface area contributed by atoms with Crippen LogP contribution in [-0.4, -0.2) is 50.5 Å². The maximum Gasteiger partial charge on any atom is 0.332 e. The van der Waals surface area contributed by atoms with Crippen molar-refractivity contribution < 1.29 is 28.9 Å². The third kappa shape index (κ3) is 6.39. The van der Waals surface area contributed by atoms with Gasteiger partial charge in [-0.3, -0.25) is 4.79 Å². The molecule has 0 aliphatic rings. The van der Waals surface area contributed by atoms with Gasteiger partial charge in [-0.15, -0.1) is 0 Å². The molecule has 0 fully saturated rings. The molecule has 7 heteroatoms. The normalized spacial score (nSPS) is 12.0. The van der Waals surface area contributed by atoms with Crippen LogP contribution < -0.4 is 14.8 Å². The first kappa shape index (κ1) is 18.5. The number of carbonyl (C=O) groups is 2. The van der Waals surface area contributed by atoms with Gasteiger partial charge in [0.15, 0.2) is 6.10 Å². The average molecular weight is 323 g/mol. The van der Waals surface area contributed by atoms with Crippen molar-refractivity contribution in [1.29, 1.82) is 0 Å². The lowest BCUT2D eigenvalue weighted by Crippen LogP contribution is -2.29. The monoisotopic (exact) mass is 323 g/mol. The Kier molecular flexibility index (Phi) is 7.62. The van der Waals surface area contributed by atoms with E-state index in [4.69, 9.17) is 19.3 Å². The zero-order valence-corrected chi connectivity index (χ0v) is 13.4. The number of carboxylic acids is 1. The lowest BCUT2D eigenvalue weighted by atomic mass is 10.1. The fourth-order valence-electron chi connectivity index (χ4n) is 1.68. The second-order valence-corrected chi connectivity index (χ2v) is 4.58. The van der Waals surface area contributed by atoms with Crippen LogP contribution in [0.15, 0.2) is 24.3 Å². The molecule has 1 aromatic rings. The van der Waals surface area contributed by atoms with Gasteiger partial charge in [0.1, 0.15) is 11.5 Å². The van der Waals surface area contributed by atoms with Crippen molar-refractivity contribution >= 4 is 18.0 Å². The van der Waals surface area contributed by atoms with Crippen LogP contribution in [0, 0.1) is 0 Å². The zero-order chi connectivity index (χ0) is 17.2. The quantitative estimate of drug-likeness (QED) is 0.526. The first-order valence-corrected chi connectivity index (χ1v) is 7.00. The molecule has 0 saturated carbocycles. The SMILES string of the molecule is COc1ccc(OC)c(/C=C/C(=O)NCCOC(C)C(=O)O)c1. The van der Waals surface area contributed by atoms with E-state index in [2.05, 4.69) is 5.32 Å². The number of hydrogen-bond donors (Lipinski definition) is 2. The third-order valence-corrected chi connectivity index (χ3v) is 2.97. The molecule has 2 N–H and O–H groups in total. The average Bonchev–Trinajstić information content (AvgIpc) is 2.56. The highest BCUT2D eigenvalue weighted by atomic mass is 16.5. The van der Waals surface area contributed by atoms with Gasteiger partial charge in [0.25, 0.3) is 0 Å². The van der Waals surface area contributed by atoms with Crippen molar-refractivity contribution in [3.63, 3.8) is 0 Å². The van der Waals surface area contributed by atoms with Crippen molar-refractivity contribution in [3.8, 4) is 11.5 Å². The molecule has 126 valence electrons. The Morgan fingerprint density at radius 2 is 2.04 bits per heavy atom. The van der Waals surface area contributed by atoms with Crippen LogP contribution in [-0.2, 0) is 14.3 Å². The maximum atomic E-state index is 11.7. The van der Waals surface area contributed by atoms with Crippen molar-refractivity contribution in [2.75, 3.05) is 27.4 Å². The van der Waals surface area contributed by atoms with Crippen LogP contribution >= 0.6 is 0 Å². The van der Waals surface area contributed by atoms with E-state index >= 15 is 0 Å². The summed E-state index contributed by atoms with van der Waals surface area (Å²) in [5.74, 6) is -0.0850. The minimum absolute atomic E-state index is 0.121. The molecule has 1 rings (SSSR count). The van der Waals surface area contributed by atoms with E-state index < -0.39 is 12.1 Å². The minimum Gasteiger partial charge on any atom is -0.497 e. The van der Waals surface area contributed by atoms with E-state index in [-0.39, 0.29) is 19.1 Å². The number of rotatable bonds is 9. The number of amides is 1. The number of ether oxygens (including phenoxy) is 3. The molecule has 0 saturated heterocycles. The Morgan fingerprint density at radius 3 is 2.65 bits per heavy atom. The zero-order valence-electron chi connectivity index (χ0n) is 13.4. The first-order valence-electron chi connectivity index (χ1n) is 7.00. The highest BCUT2D eigenvalue weighted by molar-refractivity contribution is 5.92. The van der Waals surface area contributed by atoms with E-state index in [1.54, 1.807) is 38.5 Å². The highest BCUT2D eigenvalue weighted by Crippen LogP contribution is 2.24. The van der Waals surface area contributed by atoms with E-state index in [1.165, 1.54) is 13.0 Å². The van der Waals surface area contributed by atoms with Crippen molar-refractivity contribution in [3.05, 3.63) is 29.8 Å². The fraction of sp³-hybridized carbons (Fsp3) is 0.375. The van der Waals surface area contributed by atoms with E-state index in [1.807, 2.05) is 0 Å². The summed E-state index contributed by atoms with van der Waals surface area (Å²) in [4.78, 5) is 22.3. The van der Waals surface area contributed by atoms with Gasteiger partial charge in [-0.25, -0.2) is 4.79 Å². The molecule has 1 unspecified atom stereocenters. The smallest absolute Gasteiger partial charge is 0.332 e. The van der Waals surface area contributed by atoms with E-state index in [0.29, 0.717) is 17.1 Å². The van der Waals surface area contributed by atoms with Crippen LogP contribution in [0.1, 0.15) is 12.5 Å². The number of carboxylic acid groups (broad SMARTS) is 1. The predicted octanol–water partition coefficient (Wildman–Crippen LogP) is 1.32. The molecule has 0 heterocycles. The summed E-state index contributed by atoms with van der Waals surface area (Å²) in [6.07, 6.45) is 2.07. The fourth-order valence-corrected chi connectivity index (χ4v) is 1.68. The summed E-state index contributed by atoms with van der Waals surface area (Å²) >= 11 is 0. The Morgan fingerprint density at radius 1 is 1.30 bits per heavy atom. The molecule has 23 heavy (non-hydrogen) atoms. The number of methoxy groups -OCH3 is 2. The largest absolute Gasteiger partial charge is 0.497 e. The lowest BCUT2D eigenvalue weighted by molar-refractivity contribution is -0.148. The number of nitrogens with one attached hydrogen (secondary N) is 1. The Labute approximate surface area is 134 Å². The molecule has 1 amide bonds. The van der Waals surface area contributed by atoms with Gasteiger partial charge in [0.05, 0.1) is 20.8 Å². The van der Waals surface area contributed by atoms with Gasteiger partial charge >= 0.3 is 5.97 Å². The first-order chi connectivity index (χ1) is 11.0. The number of carbonyl (C=O) groups excluding carboxylic acids is 1. The van der Waals surface area contributed by atoms with Gasteiger partial charge in [-0.2, -0.15) is 0 Å². The number of aliphatic carboxylic acids is 1. The lowest BCUT2D eigenvalue weighted by Gasteiger charge is -2.08. The Bertz CT molecular complexity index is 570. The molecule has 7 nitrogen and oxygen atoms in total. The highest BCUT2D eigenvalue weighted by Gasteiger charge is 2.10. The summed E-state index contributed by atoms with van der Waals surface area (Å²) in [5, 5.41) is 11.2. The van der Waals surface area contributed by atoms with Crippen LogP contribution in [0.4, 0.5) is 0 Å². The van der Waals surface area contributed by atoms with Gasteiger partial charge in [-0.1, -0.05) is 0 Å². The molecule has 1 atom stereocenters. The van der Waals surface area contributed by atoms with Crippen molar-refractivity contribution in [1.82, 2.24) is 5.32 Å². The molecule has 0 bridgehead atoms. The van der Waals surface area contributed by atoms with Crippen molar-refractivity contribution in [2.45, 2.75) is 13.0 Å². The van der Waals surface area contributed by atoms with Crippen LogP contribution in [0.3, 0.4) is 0 Å². The topological polar surface area (TPSA) is 94.1 Å². The second-order valence-electron chi connectivity index (χ2n) is 4.58. The molecular weight excluding hydrogens is 302 g/mol. The summed E-state index contributed by atoms with van der Waals surface area (Å²) in [5.41, 5.74) is 0.706. The predicted molar refractivity (Wildman–Crippen MR) is 84.6 cm³/mol. The molecule has 0 aliphatic carbocycles. The Hall–Kier alpha value is -2.54. The summed E-state index contributed by atoms with van der Waals surface area (Å²) in [7, 11) is 3.10. The maximum absolute atomic E-state index is 11.7. The van der Waals surface area contributed by atoms with Crippen molar-refractivity contribution in [2.24, 2.45) is 0 Å². The number of hydrogen-bond acceptors (Lipinski definition) is 5. The summed E-state index contributed by atoms with van der Waals surface area (Å²) < 4.78 is 15.3. The van der Waals surface area contributed by atoms with E-state index in [0.717, 1.165) is 0 Å². The second kappa shape index (κ2) is 9.47. The van der Waals surface area contributed by atoms with Gasteiger partial charge in [0, 0.05) is 18.2 Å². The summed E-state index contributed by atoms with van der Waals surface area (Å²) in [6, 6.07) is 5.26. The third-order valence-electron chi connectivity index (χ3n) is 2.97. The molecule has 0 spiro atoms. The molecule has 0 aliphatic heterocycles. The standard InChI is InChI=1S/C16H21NO6/c1-11(16(19)20)23-9-8-17-15(18)7-4-12-10-13(21-2)5-6-14(12)22-3/h4-7,10-11H,8-9H2,1-3H3,(H,17,18)(H,19,20)/b7-4+. The summed E-state index contributed by atoms with van der Waals surface area (Å²) in [6.45, 7) is 1.77. The molecule has 1 aromatic carbocycles. The minimum atomic E-state index is -1.04. The van der Waals surface area contributed by atoms with E-state index in [9.17, 15) is 9.59 Å². The van der Waals surface area contributed by atoms with Crippen LogP contribution in [0.25, 0.3) is 6.08 Å². The van der Waals surface area contributed by atoms with Gasteiger partial charge in [0.2, 0.25) is 5.91 Å². The van der Waals surface area contributed by atoms with Crippen LogP contribution in [0.5, 0.6) is 11.5 Å². The van der Waals surface area contributed by atoms with Crippen LogP contribution in [0.2, 0.25) is 0 Å².